The smallest absolute Gasteiger partial charge is 0.269 e. The minimum absolute atomic E-state index is 0.0392. The lowest BCUT2D eigenvalue weighted by Crippen LogP contribution is -2.41. The van der Waals surface area contributed by atoms with E-state index in [1.807, 2.05) is 4.90 Å². The molecule has 0 saturated carbocycles. The Morgan fingerprint density at radius 2 is 2.19 bits per heavy atom. The quantitative estimate of drug-likeness (QED) is 0.866. The molecule has 3 aliphatic rings. The molecule has 2 amide bonds. The van der Waals surface area contributed by atoms with Crippen LogP contribution in [0.4, 0.5) is 0 Å². The standard InChI is InChI=1S/C18H23N3O5/c22-16(19-11-14-2-1-7-25-14)15-10-18(26-20-15)5-6-21(12-18)17(23)13-3-8-24-9-4-13/h1-2,7,13H,3-6,8-12H2,(H,19,22). The van der Waals surface area contributed by atoms with Crippen LogP contribution in [-0.4, -0.2) is 54.3 Å². The Hall–Kier alpha value is -2.35. The first-order chi connectivity index (χ1) is 12.7. The molecule has 2 fully saturated rings. The first kappa shape index (κ1) is 17.1. The summed E-state index contributed by atoms with van der Waals surface area (Å²) in [4.78, 5) is 32.4. The van der Waals surface area contributed by atoms with Gasteiger partial charge in [-0.05, 0) is 25.0 Å². The Morgan fingerprint density at radius 1 is 1.35 bits per heavy atom. The van der Waals surface area contributed by atoms with Crippen LogP contribution in [0, 0.1) is 5.92 Å². The summed E-state index contributed by atoms with van der Waals surface area (Å²) in [7, 11) is 0. The second kappa shape index (κ2) is 7.11. The van der Waals surface area contributed by atoms with Crippen molar-refractivity contribution in [3.8, 4) is 0 Å². The van der Waals surface area contributed by atoms with Crippen molar-refractivity contribution in [3.63, 3.8) is 0 Å². The number of hydrogen-bond acceptors (Lipinski definition) is 6. The van der Waals surface area contributed by atoms with Crippen LogP contribution in [0.3, 0.4) is 0 Å². The summed E-state index contributed by atoms with van der Waals surface area (Å²) in [5.41, 5.74) is -0.185. The van der Waals surface area contributed by atoms with Gasteiger partial charge < -0.3 is 24.2 Å². The zero-order chi connectivity index (χ0) is 18.0. The molecular formula is C18H23N3O5. The number of carbonyl (C=O) groups is 2. The zero-order valence-corrected chi connectivity index (χ0v) is 14.6. The van der Waals surface area contributed by atoms with Gasteiger partial charge in [0.25, 0.3) is 5.91 Å². The minimum Gasteiger partial charge on any atom is -0.467 e. The monoisotopic (exact) mass is 361 g/mol. The summed E-state index contributed by atoms with van der Waals surface area (Å²) in [5.74, 6) is 0.635. The predicted molar refractivity (Wildman–Crippen MR) is 91.2 cm³/mol. The number of ether oxygens (including phenoxy) is 1. The number of carbonyl (C=O) groups excluding carboxylic acids is 2. The average Bonchev–Trinajstić information content (AvgIpc) is 3.42. The van der Waals surface area contributed by atoms with Gasteiger partial charge in [-0.1, -0.05) is 5.16 Å². The number of nitrogens with one attached hydrogen (secondary N) is 1. The van der Waals surface area contributed by atoms with Crippen LogP contribution in [0.5, 0.6) is 0 Å². The molecule has 0 aliphatic carbocycles. The van der Waals surface area contributed by atoms with Crippen molar-refractivity contribution in [1.29, 1.82) is 0 Å². The van der Waals surface area contributed by atoms with Crippen LogP contribution in [0.1, 0.15) is 31.4 Å². The van der Waals surface area contributed by atoms with Crippen molar-refractivity contribution in [1.82, 2.24) is 10.2 Å². The Balaban J connectivity index is 1.29. The molecule has 1 aromatic rings. The van der Waals surface area contributed by atoms with Crippen LogP contribution in [0.15, 0.2) is 28.0 Å². The molecule has 1 unspecified atom stereocenters. The highest BCUT2D eigenvalue weighted by Crippen LogP contribution is 2.35. The maximum atomic E-state index is 12.7. The first-order valence-corrected chi connectivity index (χ1v) is 9.07. The second-order valence-corrected chi connectivity index (χ2v) is 7.15. The van der Waals surface area contributed by atoms with Crippen LogP contribution >= 0.6 is 0 Å². The summed E-state index contributed by atoms with van der Waals surface area (Å²) in [6.07, 6.45) is 4.24. The lowest BCUT2D eigenvalue weighted by molar-refractivity contribution is -0.138. The number of hydrogen-bond donors (Lipinski definition) is 1. The van der Waals surface area contributed by atoms with E-state index in [1.54, 1.807) is 18.4 Å². The summed E-state index contributed by atoms with van der Waals surface area (Å²) in [6, 6.07) is 3.57. The van der Waals surface area contributed by atoms with Crippen LogP contribution in [-0.2, 0) is 25.7 Å². The molecule has 0 radical (unpaired) electrons. The van der Waals surface area contributed by atoms with Crippen LogP contribution in [0.2, 0.25) is 0 Å². The number of nitrogens with zero attached hydrogens (tertiary/aromatic N) is 2. The highest BCUT2D eigenvalue weighted by Gasteiger charge is 2.48. The van der Waals surface area contributed by atoms with Gasteiger partial charge in [0, 0.05) is 38.5 Å². The van der Waals surface area contributed by atoms with Crippen LogP contribution in [0.25, 0.3) is 0 Å². The predicted octanol–water partition coefficient (Wildman–Crippen LogP) is 1.07. The van der Waals surface area contributed by atoms with Crippen molar-refractivity contribution in [2.24, 2.45) is 11.1 Å². The molecule has 8 heteroatoms. The fraction of sp³-hybridized carbons (Fsp3) is 0.611. The van der Waals surface area contributed by atoms with Crippen molar-refractivity contribution in [2.45, 2.75) is 37.8 Å². The summed E-state index contributed by atoms with van der Waals surface area (Å²) >= 11 is 0. The van der Waals surface area contributed by atoms with E-state index in [9.17, 15) is 9.59 Å². The molecule has 3 aliphatic heterocycles. The van der Waals surface area contributed by atoms with Gasteiger partial charge in [-0.15, -0.1) is 0 Å². The molecule has 4 heterocycles. The molecular weight excluding hydrogens is 338 g/mol. The molecule has 0 bridgehead atoms. The number of amides is 2. The normalized spacial score (nSPS) is 26.0. The lowest BCUT2D eigenvalue weighted by Gasteiger charge is -2.27. The van der Waals surface area contributed by atoms with Gasteiger partial charge in [-0.2, -0.15) is 0 Å². The zero-order valence-electron chi connectivity index (χ0n) is 14.6. The summed E-state index contributed by atoms with van der Waals surface area (Å²) in [5, 5.41) is 6.77. The number of furan rings is 1. The molecule has 4 rings (SSSR count). The summed E-state index contributed by atoms with van der Waals surface area (Å²) in [6.45, 7) is 2.74. The third-order valence-electron chi connectivity index (χ3n) is 5.30. The topological polar surface area (TPSA) is 93.4 Å². The first-order valence-electron chi connectivity index (χ1n) is 9.07. The highest BCUT2D eigenvalue weighted by molar-refractivity contribution is 6.39. The number of rotatable bonds is 4. The maximum absolute atomic E-state index is 12.7. The minimum atomic E-state index is -0.557. The van der Waals surface area contributed by atoms with E-state index in [0.717, 1.165) is 12.8 Å². The van der Waals surface area contributed by atoms with Crippen LogP contribution < -0.4 is 5.32 Å². The second-order valence-electron chi connectivity index (χ2n) is 7.15. The molecule has 1 N–H and O–H groups in total. The molecule has 1 spiro atoms. The van der Waals surface area contributed by atoms with Crippen molar-refractivity contribution >= 4 is 17.5 Å². The summed E-state index contributed by atoms with van der Waals surface area (Å²) < 4.78 is 10.5. The average molecular weight is 361 g/mol. The van der Waals surface area contributed by atoms with E-state index in [4.69, 9.17) is 14.0 Å². The van der Waals surface area contributed by atoms with E-state index < -0.39 is 5.60 Å². The maximum Gasteiger partial charge on any atom is 0.269 e. The van der Waals surface area contributed by atoms with E-state index >= 15 is 0 Å². The molecule has 0 aromatic carbocycles. The Labute approximate surface area is 151 Å². The fourth-order valence-corrected chi connectivity index (χ4v) is 3.78. The lowest BCUT2D eigenvalue weighted by atomic mass is 9.96. The van der Waals surface area contributed by atoms with Gasteiger partial charge in [-0.25, -0.2) is 0 Å². The van der Waals surface area contributed by atoms with E-state index in [0.29, 0.717) is 57.2 Å². The van der Waals surface area contributed by atoms with E-state index in [-0.39, 0.29) is 17.7 Å². The van der Waals surface area contributed by atoms with E-state index in [1.165, 1.54) is 0 Å². The van der Waals surface area contributed by atoms with Gasteiger partial charge in [0.2, 0.25) is 5.91 Å². The van der Waals surface area contributed by atoms with Gasteiger partial charge >= 0.3 is 0 Å². The Bertz CT molecular complexity index is 696. The Kier molecular flexibility index (Phi) is 4.67. The van der Waals surface area contributed by atoms with Crippen molar-refractivity contribution in [2.75, 3.05) is 26.3 Å². The van der Waals surface area contributed by atoms with Crippen molar-refractivity contribution in [3.05, 3.63) is 24.2 Å². The number of oxime groups is 1. The third kappa shape index (κ3) is 3.46. The van der Waals surface area contributed by atoms with E-state index in [2.05, 4.69) is 10.5 Å². The number of likely N-dealkylation sites (tertiary alicyclic amines) is 1. The highest BCUT2D eigenvalue weighted by atomic mass is 16.7. The largest absolute Gasteiger partial charge is 0.467 e. The van der Waals surface area contributed by atoms with Crippen molar-refractivity contribution < 1.29 is 23.6 Å². The SMILES string of the molecule is O=C(NCc1ccco1)C1=NOC2(CCN(C(=O)C3CCOCC3)C2)C1. The molecule has 1 aromatic heterocycles. The van der Waals surface area contributed by atoms with Gasteiger partial charge in [-0.3, -0.25) is 9.59 Å². The molecule has 1 atom stereocenters. The molecule has 2 saturated heterocycles. The Morgan fingerprint density at radius 3 is 2.96 bits per heavy atom. The molecule has 26 heavy (non-hydrogen) atoms. The third-order valence-corrected chi connectivity index (χ3v) is 5.30. The molecule has 8 nitrogen and oxygen atoms in total. The molecule has 140 valence electrons. The van der Waals surface area contributed by atoms with Gasteiger partial charge in [0.05, 0.1) is 19.4 Å². The van der Waals surface area contributed by atoms with Gasteiger partial charge in [0.1, 0.15) is 11.5 Å². The fourth-order valence-electron chi connectivity index (χ4n) is 3.78. The van der Waals surface area contributed by atoms with Gasteiger partial charge in [0.15, 0.2) is 5.60 Å².